The molecular formula is C15H12IN5. The zero-order valence-electron chi connectivity index (χ0n) is 11.1. The van der Waals surface area contributed by atoms with Crippen LogP contribution in [-0.4, -0.2) is 13.2 Å². The van der Waals surface area contributed by atoms with E-state index in [4.69, 9.17) is 5.84 Å². The molecule has 21 heavy (non-hydrogen) atoms. The fourth-order valence-electron chi connectivity index (χ4n) is 2.75. The lowest BCUT2D eigenvalue weighted by Gasteiger charge is -2.25. The Morgan fingerprint density at radius 2 is 1.71 bits per heavy atom. The molecule has 6 heteroatoms. The highest BCUT2D eigenvalue weighted by molar-refractivity contribution is 14.1. The van der Waals surface area contributed by atoms with Crippen LogP contribution in [0.15, 0.2) is 48.5 Å². The number of anilines is 1. The molecule has 0 saturated carbocycles. The second kappa shape index (κ2) is 4.81. The molecule has 1 aliphatic rings. The summed E-state index contributed by atoms with van der Waals surface area (Å²) in [7, 11) is 0. The number of fused-ring (bicyclic) bond motifs is 5. The van der Waals surface area contributed by atoms with Crippen molar-refractivity contribution in [2.75, 3.05) is 5.01 Å². The molecule has 1 aromatic heterocycles. The summed E-state index contributed by atoms with van der Waals surface area (Å²) in [6.45, 7) is 0.647. The van der Waals surface area contributed by atoms with E-state index in [0.29, 0.717) is 6.54 Å². The van der Waals surface area contributed by atoms with Gasteiger partial charge in [-0.1, -0.05) is 47.7 Å². The van der Waals surface area contributed by atoms with Gasteiger partial charge in [0.2, 0.25) is 0 Å². The van der Waals surface area contributed by atoms with Gasteiger partial charge in [0.05, 0.1) is 35.1 Å². The lowest BCUT2D eigenvalue weighted by Crippen LogP contribution is -2.31. The van der Waals surface area contributed by atoms with Gasteiger partial charge in [0.25, 0.3) is 0 Å². The van der Waals surface area contributed by atoms with E-state index >= 15 is 0 Å². The SMILES string of the molecule is NN1Cc2ccccc2-c2c(nnn2I)-c2ccccc21. The lowest BCUT2D eigenvalue weighted by molar-refractivity contribution is 0.853. The number of hydrogen-bond acceptors (Lipinski definition) is 4. The van der Waals surface area contributed by atoms with Gasteiger partial charge < -0.3 is 5.01 Å². The minimum absolute atomic E-state index is 0.647. The summed E-state index contributed by atoms with van der Waals surface area (Å²) in [6, 6.07) is 16.3. The van der Waals surface area contributed by atoms with Crippen molar-refractivity contribution in [3.63, 3.8) is 0 Å². The first-order valence-corrected chi connectivity index (χ1v) is 7.54. The third-order valence-electron chi connectivity index (χ3n) is 3.71. The van der Waals surface area contributed by atoms with Crippen LogP contribution in [-0.2, 0) is 6.54 Å². The van der Waals surface area contributed by atoms with Crippen LogP contribution < -0.4 is 10.9 Å². The number of halogens is 1. The number of benzene rings is 2. The van der Waals surface area contributed by atoms with Gasteiger partial charge in [0.15, 0.2) is 0 Å². The maximum atomic E-state index is 6.27. The van der Waals surface area contributed by atoms with E-state index in [1.165, 1.54) is 0 Å². The molecule has 2 heterocycles. The summed E-state index contributed by atoms with van der Waals surface area (Å²) in [5.41, 5.74) is 6.14. The number of aromatic nitrogens is 3. The van der Waals surface area contributed by atoms with Gasteiger partial charge in [0.1, 0.15) is 11.4 Å². The predicted octanol–water partition coefficient (Wildman–Crippen LogP) is 3.00. The van der Waals surface area contributed by atoms with Gasteiger partial charge in [-0.2, -0.15) is 2.90 Å². The first-order chi connectivity index (χ1) is 10.3. The first kappa shape index (κ1) is 12.8. The van der Waals surface area contributed by atoms with E-state index < -0.39 is 0 Å². The summed E-state index contributed by atoms with van der Waals surface area (Å²) < 4.78 is 1.80. The zero-order chi connectivity index (χ0) is 14.4. The quantitative estimate of drug-likeness (QED) is 0.475. The Bertz CT molecular complexity index is 826. The van der Waals surface area contributed by atoms with Crippen molar-refractivity contribution < 1.29 is 0 Å². The van der Waals surface area contributed by atoms with Crippen LogP contribution in [0.25, 0.3) is 22.5 Å². The van der Waals surface area contributed by atoms with Gasteiger partial charge in [0, 0.05) is 11.1 Å². The first-order valence-electron chi connectivity index (χ1n) is 6.57. The average Bonchev–Trinajstić information content (AvgIpc) is 2.88. The Morgan fingerprint density at radius 1 is 1.00 bits per heavy atom. The largest absolute Gasteiger partial charge is 0.306 e. The number of hydrogen-bond donors (Lipinski definition) is 1. The zero-order valence-corrected chi connectivity index (χ0v) is 13.2. The van der Waals surface area contributed by atoms with Crippen LogP contribution in [0.1, 0.15) is 5.56 Å². The van der Waals surface area contributed by atoms with Gasteiger partial charge in [-0.25, -0.2) is 5.84 Å². The Balaban J connectivity index is 2.11. The molecule has 2 aromatic carbocycles. The fourth-order valence-corrected chi connectivity index (χ4v) is 3.34. The number of nitrogens with two attached hydrogens (primary N) is 1. The van der Waals surface area contributed by atoms with Crippen molar-refractivity contribution in [1.29, 1.82) is 0 Å². The highest BCUT2D eigenvalue weighted by atomic mass is 127. The molecule has 104 valence electrons. The van der Waals surface area contributed by atoms with Crippen molar-refractivity contribution in [3.8, 4) is 22.5 Å². The molecule has 4 rings (SSSR count). The molecule has 1 aliphatic heterocycles. The maximum absolute atomic E-state index is 6.27. The third-order valence-corrected chi connectivity index (χ3v) is 4.39. The molecular weight excluding hydrogens is 377 g/mol. The summed E-state index contributed by atoms with van der Waals surface area (Å²) in [4.78, 5) is 0. The Kier molecular flexibility index (Phi) is 2.93. The Hall–Kier alpha value is -1.93. The topological polar surface area (TPSA) is 60.0 Å². The van der Waals surface area contributed by atoms with E-state index in [9.17, 15) is 0 Å². The molecule has 3 aromatic rings. The standard InChI is InChI=1S/C15H12IN5/c16-21-15-11-6-2-1-5-10(11)9-20(17)13-8-4-3-7-12(13)14(15)18-19-21/h1-8H,9,17H2. The van der Waals surface area contributed by atoms with Crippen LogP contribution >= 0.6 is 22.9 Å². The second-order valence-corrected chi connectivity index (χ2v) is 5.86. The van der Waals surface area contributed by atoms with Crippen LogP contribution in [0.4, 0.5) is 5.69 Å². The number of rotatable bonds is 0. The average molecular weight is 389 g/mol. The summed E-state index contributed by atoms with van der Waals surface area (Å²) >= 11 is 2.17. The highest BCUT2D eigenvalue weighted by Crippen LogP contribution is 2.40. The molecule has 0 fully saturated rings. The maximum Gasteiger partial charge on any atom is 0.124 e. The molecule has 2 N–H and O–H groups in total. The predicted molar refractivity (Wildman–Crippen MR) is 90.7 cm³/mol. The van der Waals surface area contributed by atoms with Gasteiger partial charge in [-0.05, 0) is 11.6 Å². The molecule has 0 bridgehead atoms. The molecule has 0 amide bonds. The van der Waals surface area contributed by atoms with E-state index in [-0.39, 0.29) is 0 Å². The van der Waals surface area contributed by atoms with Crippen LogP contribution in [0.2, 0.25) is 0 Å². The Labute approximate surface area is 135 Å². The van der Waals surface area contributed by atoms with Gasteiger partial charge in [-0.3, -0.25) is 0 Å². The fraction of sp³-hybridized carbons (Fsp3) is 0.0667. The molecule has 0 aliphatic carbocycles. The second-order valence-electron chi connectivity index (χ2n) is 4.95. The summed E-state index contributed by atoms with van der Waals surface area (Å²) in [5.74, 6) is 6.27. The van der Waals surface area contributed by atoms with Crippen LogP contribution in [0.3, 0.4) is 0 Å². The summed E-state index contributed by atoms with van der Waals surface area (Å²) in [5, 5.41) is 10.3. The normalized spacial score (nSPS) is 13.0. The number of nitrogens with zero attached hydrogens (tertiary/aromatic N) is 4. The molecule has 0 spiro atoms. The molecule has 0 unspecified atom stereocenters. The van der Waals surface area contributed by atoms with Crippen LogP contribution in [0, 0.1) is 0 Å². The van der Waals surface area contributed by atoms with Gasteiger partial charge >= 0.3 is 0 Å². The number of para-hydroxylation sites is 1. The minimum atomic E-state index is 0.647. The lowest BCUT2D eigenvalue weighted by atomic mass is 9.97. The van der Waals surface area contributed by atoms with E-state index in [1.54, 1.807) is 7.90 Å². The smallest absolute Gasteiger partial charge is 0.124 e. The van der Waals surface area contributed by atoms with Gasteiger partial charge in [-0.15, -0.1) is 5.10 Å². The van der Waals surface area contributed by atoms with E-state index in [2.05, 4.69) is 45.3 Å². The summed E-state index contributed by atoms with van der Waals surface area (Å²) in [6.07, 6.45) is 0. The monoisotopic (exact) mass is 389 g/mol. The molecule has 0 radical (unpaired) electrons. The van der Waals surface area contributed by atoms with Crippen molar-refractivity contribution in [2.24, 2.45) is 5.84 Å². The third kappa shape index (κ3) is 1.94. The van der Waals surface area contributed by atoms with Crippen molar-refractivity contribution >= 4 is 28.6 Å². The van der Waals surface area contributed by atoms with Crippen molar-refractivity contribution in [2.45, 2.75) is 6.54 Å². The molecule has 0 atom stereocenters. The minimum Gasteiger partial charge on any atom is -0.306 e. The Morgan fingerprint density at radius 3 is 2.57 bits per heavy atom. The van der Waals surface area contributed by atoms with Crippen molar-refractivity contribution in [1.82, 2.24) is 13.2 Å². The van der Waals surface area contributed by atoms with Crippen LogP contribution in [0.5, 0.6) is 0 Å². The molecule has 0 saturated heterocycles. The van der Waals surface area contributed by atoms with Crippen molar-refractivity contribution in [3.05, 3.63) is 54.1 Å². The van der Waals surface area contributed by atoms with E-state index in [1.807, 2.05) is 36.4 Å². The molecule has 5 nitrogen and oxygen atoms in total. The number of hydrazine groups is 1. The van der Waals surface area contributed by atoms with E-state index in [0.717, 1.165) is 33.8 Å². The highest BCUT2D eigenvalue weighted by Gasteiger charge is 2.24.